The molecule has 1 aromatic carbocycles. The van der Waals surface area contributed by atoms with Gasteiger partial charge in [-0.05, 0) is 24.0 Å². The first-order valence-electron chi connectivity index (χ1n) is 6.63. The topological polar surface area (TPSA) is 72.8 Å². The Hall–Kier alpha value is -2.56. The molecule has 5 heteroatoms. The summed E-state index contributed by atoms with van der Waals surface area (Å²) in [6, 6.07) is 7.26. The average Bonchev–Trinajstić information content (AvgIpc) is 2.85. The highest BCUT2D eigenvalue weighted by molar-refractivity contribution is 6.12. The minimum atomic E-state index is -0.740. The molecule has 2 aliphatic rings. The van der Waals surface area contributed by atoms with E-state index in [2.05, 4.69) is 0 Å². The predicted molar refractivity (Wildman–Crippen MR) is 74.3 cm³/mol. The zero-order chi connectivity index (χ0) is 15.0. The lowest BCUT2D eigenvalue weighted by Gasteiger charge is -2.16. The smallest absolute Gasteiger partial charge is 0.342 e. The SMILES string of the molecule is COC(=O)/C1=C(\O)c2ccccc2CCC2=C1C(=O)OC2. The lowest BCUT2D eigenvalue weighted by atomic mass is 9.89. The molecule has 0 spiro atoms. The molecule has 0 saturated heterocycles. The number of aliphatic hydroxyl groups excluding tert-OH is 1. The molecule has 3 rings (SSSR count). The van der Waals surface area contributed by atoms with E-state index in [0.29, 0.717) is 18.4 Å². The van der Waals surface area contributed by atoms with Crippen LogP contribution in [0.15, 0.2) is 41.0 Å². The van der Waals surface area contributed by atoms with E-state index in [1.165, 1.54) is 7.11 Å². The monoisotopic (exact) mass is 286 g/mol. The zero-order valence-electron chi connectivity index (χ0n) is 11.5. The minimum Gasteiger partial charge on any atom is -0.506 e. The molecule has 0 unspecified atom stereocenters. The molecule has 1 aromatic rings. The molecule has 1 heterocycles. The Morgan fingerprint density at radius 2 is 2.05 bits per heavy atom. The van der Waals surface area contributed by atoms with Crippen LogP contribution in [0.1, 0.15) is 17.5 Å². The quantitative estimate of drug-likeness (QED) is 0.799. The predicted octanol–water partition coefficient (Wildman–Crippen LogP) is 1.93. The van der Waals surface area contributed by atoms with Gasteiger partial charge >= 0.3 is 11.9 Å². The first kappa shape index (κ1) is 13.4. The van der Waals surface area contributed by atoms with E-state index in [1.54, 1.807) is 12.1 Å². The van der Waals surface area contributed by atoms with Crippen LogP contribution in [-0.2, 0) is 25.5 Å². The van der Waals surface area contributed by atoms with Crippen LogP contribution in [0.25, 0.3) is 5.76 Å². The fourth-order valence-electron chi connectivity index (χ4n) is 2.73. The Morgan fingerprint density at radius 3 is 2.81 bits per heavy atom. The van der Waals surface area contributed by atoms with Crippen molar-refractivity contribution in [3.05, 3.63) is 52.1 Å². The standard InChI is InChI=1S/C16H14O5/c1-20-15(18)13-12-10(8-21-16(12)19)7-6-9-4-2-3-5-11(9)14(13)17/h2-5,17H,6-8H2,1H3/b14-13-. The number of carbonyl (C=O) groups excluding carboxylic acids is 2. The van der Waals surface area contributed by atoms with Crippen molar-refractivity contribution >= 4 is 17.7 Å². The van der Waals surface area contributed by atoms with Crippen LogP contribution < -0.4 is 0 Å². The fraction of sp³-hybridized carbons (Fsp3) is 0.250. The summed E-state index contributed by atoms with van der Waals surface area (Å²) >= 11 is 0. The maximum atomic E-state index is 12.1. The molecule has 1 aliphatic heterocycles. The summed E-state index contributed by atoms with van der Waals surface area (Å²) in [6.45, 7) is 0.157. The molecule has 0 atom stereocenters. The second-order valence-electron chi connectivity index (χ2n) is 4.93. The van der Waals surface area contributed by atoms with E-state index in [9.17, 15) is 14.7 Å². The third-order valence-electron chi connectivity index (χ3n) is 3.78. The number of aryl methyl sites for hydroxylation is 1. The number of hydrogen-bond acceptors (Lipinski definition) is 5. The van der Waals surface area contributed by atoms with Gasteiger partial charge in [0.1, 0.15) is 17.9 Å². The van der Waals surface area contributed by atoms with Crippen LogP contribution in [0.4, 0.5) is 0 Å². The average molecular weight is 286 g/mol. The summed E-state index contributed by atoms with van der Waals surface area (Å²) in [4.78, 5) is 24.0. The Labute approximate surface area is 121 Å². The Morgan fingerprint density at radius 1 is 1.29 bits per heavy atom. The number of esters is 2. The van der Waals surface area contributed by atoms with Crippen molar-refractivity contribution in [3.8, 4) is 0 Å². The molecule has 0 aromatic heterocycles. The highest BCUT2D eigenvalue weighted by Crippen LogP contribution is 2.35. The zero-order valence-corrected chi connectivity index (χ0v) is 11.5. The summed E-state index contributed by atoms with van der Waals surface area (Å²) in [6.07, 6.45) is 1.27. The Kier molecular flexibility index (Phi) is 3.25. The molecule has 21 heavy (non-hydrogen) atoms. The van der Waals surface area contributed by atoms with Gasteiger partial charge in [-0.15, -0.1) is 0 Å². The molecule has 0 saturated carbocycles. The van der Waals surface area contributed by atoms with Gasteiger partial charge in [0.2, 0.25) is 0 Å². The van der Waals surface area contributed by atoms with Gasteiger partial charge in [0.25, 0.3) is 0 Å². The number of methoxy groups -OCH3 is 1. The molecule has 0 fully saturated rings. The van der Waals surface area contributed by atoms with Crippen molar-refractivity contribution in [2.75, 3.05) is 13.7 Å². The van der Waals surface area contributed by atoms with Crippen LogP contribution >= 0.6 is 0 Å². The number of rotatable bonds is 1. The first-order valence-corrected chi connectivity index (χ1v) is 6.63. The summed E-state index contributed by atoms with van der Waals surface area (Å²) in [5.74, 6) is -1.56. The maximum Gasteiger partial charge on any atom is 0.342 e. The van der Waals surface area contributed by atoms with Crippen molar-refractivity contribution in [1.29, 1.82) is 0 Å². The second kappa shape index (κ2) is 5.09. The molecule has 5 nitrogen and oxygen atoms in total. The van der Waals surface area contributed by atoms with Crippen LogP contribution in [0.5, 0.6) is 0 Å². The number of benzene rings is 1. The molecule has 0 bridgehead atoms. The minimum absolute atomic E-state index is 0.109. The van der Waals surface area contributed by atoms with E-state index < -0.39 is 11.9 Å². The molecule has 1 N–H and O–H groups in total. The Balaban J connectivity index is 2.29. The number of carbonyl (C=O) groups is 2. The summed E-state index contributed by atoms with van der Waals surface area (Å²) < 4.78 is 9.75. The molecule has 108 valence electrons. The number of aliphatic hydroxyl groups is 1. The van der Waals surface area contributed by atoms with Crippen LogP contribution in [-0.4, -0.2) is 30.8 Å². The third-order valence-corrected chi connectivity index (χ3v) is 3.78. The summed E-state index contributed by atoms with van der Waals surface area (Å²) in [5, 5.41) is 10.5. The van der Waals surface area contributed by atoms with Gasteiger partial charge in [0.05, 0.1) is 12.7 Å². The van der Waals surface area contributed by atoms with Crippen molar-refractivity contribution in [2.24, 2.45) is 0 Å². The van der Waals surface area contributed by atoms with Crippen LogP contribution in [0.3, 0.4) is 0 Å². The number of ether oxygens (including phenoxy) is 2. The lowest BCUT2D eigenvalue weighted by Crippen LogP contribution is -2.16. The summed E-state index contributed by atoms with van der Waals surface area (Å²) in [7, 11) is 1.22. The highest BCUT2D eigenvalue weighted by Gasteiger charge is 2.36. The van der Waals surface area contributed by atoms with E-state index in [-0.39, 0.29) is 23.5 Å². The van der Waals surface area contributed by atoms with Gasteiger partial charge in [-0.1, -0.05) is 24.3 Å². The van der Waals surface area contributed by atoms with Gasteiger partial charge < -0.3 is 14.6 Å². The molecule has 0 amide bonds. The van der Waals surface area contributed by atoms with Crippen molar-refractivity contribution < 1.29 is 24.2 Å². The molecular formula is C16H14O5. The molecular weight excluding hydrogens is 272 g/mol. The second-order valence-corrected chi connectivity index (χ2v) is 4.93. The van der Waals surface area contributed by atoms with Gasteiger partial charge in [0.15, 0.2) is 0 Å². The van der Waals surface area contributed by atoms with Crippen LogP contribution in [0.2, 0.25) is 0 Å². The van der Waals surface area contributed by atoms with E-state index in [0.717, 1.165) is 11.1 Å². The maximum absolute atomic E-state index is 12.1. The number of cyclic esters (lactones) is 1. The van der Waals surface area contributed by atoms with Gasteiger partial charge in [-0.2, -0.15) is 0 Å². The third kappa shape index (κ3) is 2.11. The normalized spacial score (nSPS) is 21.1. The lowest BCUT2D eigenvalue weighted by molar-refractivity contribution is -0.139. The molecule has 0 radical (unpaired) electrons. The number of hydrogen-bond donors (Lipinski definition) is 1. The Bertz CT molecular complexity index is 696. The largest absolute Gasteiger partial charge is 0.506 e. The van der Waals surface area contributed by atoms with E-state index in [1.807, 2.05) is 12.1 Å². The van der Waals surface area contributed by atoms with Gasteiger partial charge in [-0.25, -0.2) is 9.59 Å². The van der Waals surface area contributed by atoms with Crippen molar-refractivity contribution in [3.63, 3.8) is 0 Å². The van der Waals surface area contributed by atoms with Crippen molar-refractivity contribution in [1.82, 2.24) is 0 Å². The van der Waals surface area contributed by atoms with Crippen molar-refractivity contribution in [2.45, 2.75) is 12.8 Å². The van der Waals surface area contributed by atoms with Gasteiger partial charge in [-0.3, -0.25) is 0 Å². The number of fused-ring (bicyclic) bond motifs is 1. The van der Waals surface area contributed by atoms with E-state index >= 15 is 0 Å². The first-order chi connectivity index (χ1) is 10.1. The van der Waals surface area contributed by atoms with E-state index in [4.69, 9.17) is 9.47 Å². The molecule has 1 aliphatic carbocycles. The highest BCUT2D eigenvalue weighted by atomic mass is 16.5. The van der Waals surface area contributed by atoms with Crippen LogP contribution in [0, 0.1) is 0 Å². The van der Waals surface area contributed by atoms with Gasteiger partial charge in [0, 0.05) is 5.56 Å². The summed E-state index contributed by atoms with van der Waals surface area (Å²) in [5.41, 5.74) is 2.23. The fourth-order valence-corrected chi connectivity index (χ4v) is 2.73.